The van der Waals surface area contributed by atoms with Crippen LogP contribution in [-0.4, -0.2) is 79.0 Å². The lowest BCUT2D eigenvalue weighted by molar-refractivity contribution is -0.151. The van der Waals surface area contributed by atoms with E-state index in [1.807, 2.05) is 56.5 Å². The number of aliphatic imine (C=N–C) groups is 1. The topological polar surface area (TPSA) is 144 Å². The quantitative estimate of drug-likeness (QED) is 0.0439. The van der Waals surface area contributed by atoms with Crippen molar-refractivity contribution in [2.45, 2.75) is 238 Å². The fourth-order valence-corrected chi connectivity index (χ4v) is 12.6. The van der Waals surface area contributed by atoms with Crippen LogP contribution in [0.15, 0.2) is 75.6 Å². The molecular weight excluding hydrogens is 1180 g/mol. The molecule has 3 aliphatic rings. The van der Waals surface area contributed by atoms with Crippen molar-refractivity contribution < 1.29 is 33.4 Å². The first-order chi connectivity index (χ1) is 41.8. The van der Waals surface area contributed by atoms with Crippen molar-refractivity contribution in [3.05, 3.63) is 110 Å². The second-order valence-corrected chi connectivity index (χ2v) is 28.2. The Balaban J connectivity index is 0.000000309. The number of carbonyl (C=O) groups excluding carboxylic acids is 5. The Morgan fingerprint density at radius 1 is 0.830 bits per heavy atom. The van der Waals surface area contributed by atoms with Gasteiger partial charge in [-0.25, -0.2) is 9.98 Å². The zero-order chi connectivity index (χ0) is 65.7. The van der Waals surface area contributed by atoms with Crippen LogP contribution in [0.5, 0.6) is 0 Å². The minimum absolute atomic E-state index is 0.0179. The number of methoxy groups -OCH3 is 2. The van der Waals surface area contributed by atoms with Gasteiger partial charge < -0.3 is 19.7 Å². The zero-order valence-corrected chi connectivity index (χ0v) is 60.1. The molecule has 1 saturated heterocycles. The van der Waals surface area contributed by atoms with Gasteiger partial charge in [0, 0.05) is 55.9 Å². The highest BCUT2D eigenvalue weighted by molar-refractivity contribution is 9.10. The molecule has 2 saturated carbocycles. The van der Waals surface area contributed by atoms with Gasteiger partial charge in [-0.05, 0) is 182 Å². The number of hydrogen-bond acceptors (Lipinski definition) is 9. The fourth-order valence-electron chi connectivity index (χ4n) is 11.2. The summed E-state index contributed by atoms with van der Waals surface area (Å²) in [7, 11) is 3.13. The number of amides is 3. The van der Waals surface area contributed by atoms with Crippen LogP contribution >= 0.6 is 27.3 Å². The summed E-state index contributed by atoms with van der Waals surface area (Å²) >= 11 is 5.14. The van der Waals surface area contributed by atoms with E-state index in [1.165, 1.54) is 87.3 Å². The Kier molecular flexibility index (Phi) is 34.7. The van der Waals surface area contributed by atoms with E-state index in [1.54, 1.807) is 23.8 Å². The van der Waals surface area contributed by atoms with E-state index >= 15 is 0 Å². The van der Waals surface area contributed by atoms with E-state index in [9.17, 15) is 24.0 Å². The van der Waals surface area contributed by atoms with Crippen LogP contribution in [0.1, 0.15) is 255 Å². The molecule has 0 bridgehead atoms. The van der Waals surface area contributed by atoms with Crippen molar-refractivity contribution >= 4 is 62.5 Å². The molecule has 1 N–H and O–H groups in total. The number of ether oxygens (including phenoxy) is 2. The van der Waals surface area contributed by atoms with E-state index in [4.69, 9.17) is 4.74 Å². The summed E-state index contributed by atoms with van der Waals surface area (Å²) in [6, 6.07) is 21.2. The second kappa shape index (κ2) is 39.4. The smallest absolute Gasteiger partial charge is 0.319 e. The standard InChI is InChI=1S/C24H33N3O2S.C20H34O.C17H24BrNO.C8H12O3.C6H12/c1-16(24(3,4)5)23(29)27-12-6-7-20(14-27)22(28)25-13-18-8-10-19(11-9-18)21-17(2)26-15-30-21;1-6-8-19(12-10-18(7-2)13-14-21-5)20-11-9-16(3)17(4)15-20;1-6-11(3)13(5)19-17(20)16-14(12(4)7-2)9-8-10-15(16)18;1-3-6(9)8(4-5-8)7(10)11-2;1-6-4-2-3-5-6/h8-11,15-16,20H,6-7,12-14H2,1-5H3,(H,25,28);9,11,15,18-19H,6-8,10,12-14H2,1-5H3;8-12H,6-7H2,1-5H3;3-5H2,1-2H3;6H,2-5H2,1H3. The number of benzene rings is 3. The van der Waals surface area contributed by atoms with Crippen LogP contribution in [0.3, 0.4) is 0 Å². The predicted molar refractivity (Wildman–Crippen MR) is 371 cm³/mol. The lowest BCUT2D eigenvalue weighted by Gasteiger charge is -2.37. The third-order valence-corrected chi connectivity index (χ3v) is 20.5. The maximum absolute atomic E-state index is 12.8. The number of aromatic nitrogens is 1. The molecule has 6 unspecified atom stereocenters. The minimum Gasteiger partial charge on any atom is -0.468 e. The molecule has 4 aromatic rings. The number of nitrogens with zero attached hydrogens (tertiary/aromatic N) is 3. The molecule has 3 fully saturated rings. The summed E-state index contributed by atoms with van der Waals surface area (Å²) < 4.78 is 10.6. The molecule has 2 heterocycles. The Hall–Kier alpha value is -4.85. The molecule has 0 spiro atoms. The number of ketones is 1. The third kappa shape index (κ3) is 24.7. The van der Waals surface area contributed by atoms with Crippen molar-refractivity contribution in [1.29, 1.82) is 0 Å². The molecule has 0 radical (unpaired) electrons. The van der Waals surface area contributed by atoms with Gasteiger partial charge in [-0.1, -0.05) is 176 Å². The van der Waals surface area contributed by atoms with Gasteiger partial charge in [-0.15, -0.1) is 11.3 Å². The number of Topliss-reactive ketones (excluding diaryl/α,β-unsaturated/α-hetero) is 1. The number of piperidine rings is 1. The van der Waals surface area contributed by atoms with Gasteiger partial charge in [0.05, 0.1) is 34.7 Å². The lowest BCUT2D eigenvalue weighted by Crippen LogP contribution is -2.48. The van der Waals surface area contributed by atoms with Crippen LogP contribution in [0.25, 0.3) is 10.4 Å². The lowest BCUT2D eigenvalue weighted by atomic mass is 9.80. The van der Waals surface area contributed by atoms with Crippen molar-refractivity contribution in [2.24, 2.45) is 45.4 Å². The van der Waals surface area contributed by atoms with Gasteiger partial charge in [0.1, 0.15) is 11.2 Å². The SMILES string of the molecule is CC1CCCC1.CCC(=O)C1(C(=O)OC)CC1.CCC(C)C(C)=NC(=O)c1c(Br)cccc1C(C)CC.CCCC(CCC(CC)CCOC)c1ccc(C)c(C)c1.Cc1ncsc1-c1ccc(CNC(=O)C2CCCN(C(=O)C(C)C(C)(C)C)C2)cc1. The van der Waals surface area contributed by atoms with Crippen molar-refractivity contribution in [3.63, 3.8) is 0 Å². The van der Waals surface area contributed by atoms with Gasteiger partial charge in [0.15, 0.2) is 0 Å². The summed E-state index contributed by atoms with van der Waals surface area (Å²) in [4.78, 5) is 72.0. The first kappa shape index (κ1) is 77.4. The van der Waals surface area contributed by atoms with Gasteiger partial charge >= 0.3 is 5.97 Å². The molecule has 6 atom stereocenters. The second-order valence-electron chi connectivity index (χ2n) is 26.5. The number of nitrogens with one attached hydrogen (secondary N) is 1. The number of aryl methyl sites for hydroxylation is 3. The molecule has 7 rings (SSSR count). The van der Waals surface area contributed by atoms with E-state index < -0.39 is 5.41 Å². The number of esters is 1. The molecular formula is C75H115BrN4O7S. The predicted octanol–water partition coefficient (Wildman–Crippen LogP) is 19.4. The molecule has 13 heteroatoms. The number of carbonyl (C=O) groups is 5. The molecule has 1 aliphatic heterocycles. The third-order valence-electron chi connectivity index (χ3n) is 18.9. The number of hydrogen-bond donors (Lipinski definition) is 1. The zero-order valence-electron chi connectivity index (χ0n) is 57.7. The van der Waals surface area contributed by atoms with E-state index in [0.29, 0.717) is 49.8 Å². The molecule has 11 nitrogen and oxygen atoms in total. The van der Waals surface area contributed by atoms with E-state index in [2.05, 4.69) is 162 Å². The number of likely N-dealkylation sites (tertiary alicyclic amines) is 1. The van der Waals surface area contributed by atoms with E-state index in [-0.39, 0.29) is 46.7 Å². The average Bonchev–Trinajstić information content (AvgIpc) is 3.15. The minimum atomic E-state index is -0.733. The Bertz CT molecular complexity index is 2770. The fraction of sp³-hybridized carbons (Fsp3) is 0.640. The van der Waals surface area contributed by atoms with Crippen LogP contribution in [-0.2, 0) is 35.2 Å². The van der Waals surface area contributed by atoms with Gasteiger partial charge in [-0.2, -0.15) is 0 Å². The Labute approximate surface area is 545 Å². The highest BCUT2D eigenvalue weighted by Gasteiger charge is 2.56. The van der Waals surface area contributed by atoms with Crippen molar-refractivity contribution in [2.75, 3.05) is 33.9 Å². The molecule has 2 aliphatic carbocycles. The largest absolute Gasteiger partial charge is 0.468 e. The van der Waals surface area contributed by atoms with Crippen molar-refractivity contribution in [1.82, 2.24) is 15.2 Å². The molecule has 1 aromatic heterocycles. The van der Waals surface area contributed by atoms with Crippen LogP contribution in [0.4, 0.5) is 0 Å². The van der Waals surface area contributed by atoms with Crippen LogP contribution in [0.2, 0.25) is 0 Å². The monoisotopic (exact) mass is 1290 g/mol. The highest BCUT2D eigenvalue weighted by Crippen LogP contribution is 2.48. The van der Waals surface area contributed by atoms with E-state index in [0.717, 1.165) is 89.2 Å². The Morgan fingerprint density at radius 2 is 1.50 bits per heavy atom. The summed E-state index contributed by atoms with van der Waals surface area (Å²) in [5.41, 5.74) is 11.4. The Morgan fingerprint density at radius 3 is 2.01 bits per heavy atom. The van der Waals surface area contributed by atoms with Crippen molar-refractivity contribution in [3.8, 4) is 10.4 Å². The average molecular weight is 1300 g/mol. The molecule has 3 aromatic carbocycles. The molecule has 88 heavy (non-hydrogen) atoms. The van der Waals surface area contributed by atoms with Crippen LogP contribution in [0, 0.1) is 61.2 Å². The van der Waals surface area contributed by atoms with Gasteiger partial charge in [0.25, 0.3) is 5.91 Å². The summed E-state index contributed by atoms with van der Waals surface area (Å²) in [5, 5.41) is 3.07. The maximum Gasteiger partial charge on any atom is 0.319 e. The maximum atomic E-state index is 12.8. The van der Waals surface area contributed by atoms with Gasteiger partial charge in [0.2, 0.25) is 11.8 Å². The first-order valence-electron chi connectivity index (χ1n) is 33.4. The molecule has 3 amide bonds. The summed E-state index contributed by atoms with van der Waals surface area (Å²) in [5.74, 6) is 2.83. The molecule has 490 valence electrons. The number of thiazole rings is 1. The summed E-state index contributed by atoms with van der Waals surface area (Å²) in [6.45, 7) is 36.5. The highest BCUT2D eigenvalue weighted by atomic mass is 79.9. The van der Waals surface area contributed by atoms with Gasteiger partial charge in [-0.3, -0.25) is 24.0 Å². The van der Waals surface area contributed by atoms with Crippen LogP contribution < -0.4 is 5.32 Å². The first-order valence-corrected chi connectivity index (χ1v) is 35.1. The normalized spacial score (nSPS) is 17.1. The summed E-state index contributed by atoms with van der Waals surface area (Å²) in [6.07, 6.45) is 19.1. The number of rotatable bonds is 23. The number of halogens is 1.